The average molecular weight is 1060 g/mol. The van der Waals surface area contributed by atoms with Gasteiger partial charge in [0, 0.05) is 12.8 Å². The first-order chi connectivity index (χ1) is 36.0. The molecular formula is C59H110O15. The molecule has 15 nitrogen and oxygen atoms in total. The lowest BCUT2D eigenvalue weighted by Gasteiger charge is -2.42. The number of carbonyl (C=O) groups excluding carboxylic acids is 2. The van der Waals surface area contributed by atoms with Gasteiger partial charge in [0.05, 0.1) is 19.8 Å². The molecule has 0 saturated carbocycles. The number of allylic oxidation sites excluding steroid dienone is 2. The largest absolute Gasteiger partial charge is 0.462 e. The van der Waals surface area contributed by atoms with E-state index in [4.69, 9.17) is 28.4 Å². The lowest BCUT2D eigenvalue weighted by molar-refractivity contribution is -0.332. The van der Waals surface area contributed by atoms with Crippen LogP contribution in [0.1, 0.15) is 258 Å². The third-order valence-corrected chi connectivity index (χ3v) is 14.8. The number of rotatable bonds is 49. The highest BCUT2D eigenvalue weighted by Gasteiger charge is 2.47. The fourth-order valence-electron chi connectivity index (χ4n) is 9.83. The van der Waals surface area contributed by atoms with Crippen molar-refractivity contribution in [3.63, 3.8) is 0 Å². The second kappa shape index (κ2) is 46.2. The van der Waals surface area contributed by atoms with Gasteiger partial charge in [-0.25, -0.2) is 0 Å². The second-order valence-electron chi connectivity index (χ2n) is 21.5. The summed E-state index contributed by atoms with van der Waals surface area (Å²) in [5.74, 6) is -0.965. The van der Waals surface area contributed by atoms with Gasteiger partial charge in [-0.15, -0.1) is 0 Å². The molecule has 0 aromatic heterocycles. The van der Waals surface area contributed by atoms with Crippen molar-refractivity contribution in [3.8, 4) is 0 Å². The first kappa shape index (κ1) is 68.3. The summed E-state index contributed by atoms with van der Waals surface area (Å²) in [6, 6.07) is 0. The Labute approximate surface area is 448 Å². The van der Waals surface area contributed by atoms with Crippen molar-refractivity contribution in [1.82, 2.24) is 0 Å². The molecule has 2 aliphatic heterocycles. The lowest BCUT2D eigenvalue weighted by Crippen LogP contribution is -2.61. The van der Waals surface area contributed by atoms with Crippen molar-refractivity contribution in [2.45, 2.75) is 325 Å². The fraction of sp³-hybridized carbons (Fsp3) is 0.932. The van der Waals surface area contributed by atoms with Gasteiger partial charge in [-0.1, -0.05) is 231 Å². The molecule has 0 radical (unpaired) electrons. The summed E-state index contributed by atoms with van der Waals surface area (Å²) in [5, 5.41) is 72.3. The third-order valence-electron chi connectivity index (χ3n) is 14.8. The summed E-state index contributed by atoms with van der Waals surface area (Å²) in [5.41, 5.74) is 0. The van der Waals surface area contributed by atoms with E-state index in [2.05, 4.69) is 19.9 Å². The van der Waals surface area contributed by atoms with Crippen LogP contribution in [0.15, 0.2) is 12.2 Å². The molecule has 2 saturated heterocycles. The van der Waals surface area contributed by atoms with Gasteiger partial charge in [0.25, 0.3) is 0 Å². The Balaban J connectivity index is 1.71. The second-order valence-corrected chi connectivity index (χ2v) is 21.5. The Kier molecular flexibility index (Phi) is 42.7. The standard InChI is InChI=1S/C59H110O15/c1-3-5-7-9-11-13-15-17-19-20-21-22-23-24-25-26-28-29-31-33-35-37-39-41-50(61)69-44-47(72-51(62)42-40-38-36-34-32-30-27-18-16-14-12-10-8-6-4-2)45-70-58-57(68)55(66)53(64)49(74-58)46-71-59-56(67)54(65)52(63)48(43-60)73-59/h36,38,47-49,52-60,63-68H,3-35,37,39-46H2,1-2H3/b38-36+/t47-,48+,49+,52-,53-,54?,55?,56?,57?,58+,59+/m0/s1. The van der Waals surface area contributed by atoms with Crippen molar-refractivity contribution in [2.75, 3.05) is 26.4 Å². The smallest absolute Gasteiger partial charge is 0.306 e. The maximum atomic E-state index is 13.0. The number of ether oxygens (including phenoxy) is 6. The molecule has 0 bridgehead atoms. The van der Waals surface area contributed by atoms with Gasteiger partial charge in [-0.2, -0.15) is 0 Å². The van der Waals surface area contributed by atoms with Crippen LogP contribution in [0.3, 0.4) is 0 Å². The highest BCUT2D eigenvalue weighted by molar-refractivity contribution is 5.70. The van der Waals surface area contributed by atoms with E-state index < -0.39 is 99.3 Å². The zero-order valence-electron chi connectivity index (χ0n) is 46.6. The Morgan fingerprint density at radius 2 is 0.797 bits per heavy atom. The predicted octanol–water partition coefficient (Wildman–Crippen LogP) is 10.5. The highest BCUT2D eigenvalue weighted by atomic mass is 16.7. The van der Waals surface area contributed by atoms with Crippen molar-refractivity contribution < 1.29 is 73.8 Å². The number of aliphatic hydroxyl groups excluding tert-OH is 7. The van der Waals surface area contributed by atoms with Crippen molar-refractivity contribution in [3.05, 3.63) is 12.2 Å². The molecule has 0 aromatic carbocycles. The fourth-order valence-corrected chi connectivity index (χ4v) is 9.83. The van der Waals surface area contributed by atoms with Crippen LogP contribution in [0.25, 0.3) is 0 Å². The molecule has 0 amide bonds. The first-order valence-corrected chi connectivity index (χ1v) is 30.3. The number of esters is 2. The summed E-state index contributed by atoms with van der Waals surface area (Å²) in [7, 11) is 0. The number of aliphatic hydroxyl groups is 7. The van der Waals surface area contributed by atoms with E-state index >= 15 is 0 Å². The SMILES string of the molecule is CCCCCCCCCCCCC/C=C/CCC(=O)O[C@@H](COC(=O)CCCCCCCCCCCCCCCCCCCCCCCCC)CO[C@@H]1O[C@H](CO[C@@H]2O[C@H](CO)[C@H](O)C(O)C2O)[C@H](O)C(O)C1O. The molecule has 2 heterocycles. The topological polar surface area (TPSA) is 231 Å². The molecular weight excluding hydrogens is 949 g/mol. The molecule has 0 aromatic rings. The normalized spacial score (nSPS) is 24.7. The Morgan fingerprint density at radius 3 is 1.24 bits per heavy atom. The van der Waals surface area contributed by atoms with E-state index in [0.717, 1.165) is 32.1 Å². The molecule has 15 heteroatoms. The maximum Gasteiger partial charge on any atom is 0.306 e. The van der Waals surface area contributed by atoms with Crippen molar-refractivity contribution in [2.24, 2.45) is 0 Å². The Bertz CT molecular complexity index is 1340. The van der Waals surface area contributed by atoms with E-state index in [9.17, 15) is 45.3 Å². The van der Waals surface area contributed by atoms with Crippen molar-refractivity contribution >= 4 is 11.9 Å². The van der Waals surface area contributed by atoms with E-state index in [1.54, 1.807) is 0 Å². The lowest BCUT2D eigenvalue weighted by atomic mass is 9.98. The van der Waals surface area contributed by atoms with Crippen LogP contribution in [0.4, 0.5) is 0 Å². The summed E-state index contributed by atoms with van der Waals surface area (Å²) in [6.07, 6.45) is 32.6. The molecule has 11 atom stereocenters. The monoisotopic (exact) mass is 1060 g/mol. The minimum absolute atomic E-state index is 0.0868. The van der Waals surface area contributed by atoms with Gasteiger partial charge in [0.2, 0.25) is 0 Å². The minimum atomic E-state index is -1.77. The van der Waals surface area contributed by atoms with Gasteiger partial charge >= 0.3 is 11.9 Å². The van der Waals surface area contributed by atoms with Gasteiger partial charge in [-0.05, 0) is 25.7 Å². The number of hydrogen-bond donors (Lipinski definition) is 7. The summed E-state index contributed by atoms with van der Waals surface area (Å²) < 4.78 is 33.7. The van der Waals surface area contributed by atoms with E-state index in [1.165, 1.54) is 186 Å². The van der Waals surface area contributed by atoms with Gasteiger partial charge in [0.1, 0.15) is 55.4 Å². The predicted molar refractivity (Wildman–Crippen MR) is 289 cm³/mol. The van der Waals surface area contributed by atoms with Crippen LogP contribution >= 0.6 is 0 Å². The van der Waals surface area contributed by atoms with E-state index in [-0.39, 0.29) is 19.4 Å². The highest BCUT2D eigenvalue weighted by Crippen LogP contribution is 2.27. The van der Waals surface area contributed by atoms with E-state index in [0.29, 0.717) is 12.8 Å². The third kappa shape index (κ3) is 32.9. The zero-order valence-corrected chi connectivity index (χ0v) is 46.6. The maximum absolute atomic E-state index is 13.0. The van der Waals surface area contributed by atoms with Crippen LogP contribution in [-0.2, 0) is 38.0 Å². The van der Waals surface area contributed by atoms with Crippen LogP contribution in [0, 0.1) is 0 Å². The number of unbranched alkanes of at least 4 members (excludes halogenated alkanes) is 33. The summed E-state index contributed by atoms with van der Waals surface area (Å²) in [6.45, 7) is 2.61. The quantitative estimate of drug-likeness (QED) is 0.0171. The van der Waals surface area contributed by atoms with Gasteiger partial charge in [0.15, 0.2) is 18.7 Å². The number of hydrogen-bond acceptors (Lipinski definition) is 15. The number of carbonyl (C=O) groups is 2. The molecule has 2 aliphatic rings. The van der Waals surface area contributed by atoms with Crippen LogP contribution in [0.5, 0.6) is 0 Å². The molecule has 2 fully saturated rings. The summed E-state index contributed by atoms with van der Waals surface area (Å²) in [4.78, 5) is 25.9. The van der Waals surface area contributed by atoms with E-state index in [1.807, 2.05) is 6.08 Å². The minimum Gasteiger partial charge on any atom is -0.462 e. The Morgan fingerprint density at radius 1 is 0.419 bits per heavy atom. The average Bonchev–Trinajstić information content (AvgIpc) is 3.39. The molecule has 4 unspecified atom stereocenters. The van der Waals surface area contributed by atoms with Crippen LogP contribution in [0.2, 0.25) is 0 Å². The zero-order chi connectivity index (χ0) is 53.9. The van der Waals surface area contributed by atoms with Gasteiger partial charge < -0.3 is 64.2 Å². The van der Waals surface area contributed by atoms with Gasteiger partial charge in [-0.3, -0.25) is 9.59 Å². The van der Waals surface area contributed by atoms with Crippen molar-refractivity contribution in [1.29, 1.82) is 0 Å². The molecule has 436 valence electrons. The Hall–Kier alpha value is -1.76. The molecule has 0 spiro atoms. The molecule has 74 heavy (non-hydrogen) atoms. The molecule has 2 rings (SSSR count). The summed E-state index contributed by atoms with van der Waals surface area (Å²) >= 11 is 0. The molecule has 7 N–H and O–H groups in total. The van der Waals surface area contributed by atoms with Crippen LogP contribution in [-0.4, -0.2) is 142 Å². The van der Waals surface area contributed by atoms with Crippen LogP contribution < -0.4 is 0 Å². The molecule has 0 aliphatic carbocycles. The first-order valence-electron chi connectivity index (χ1n) is 30.3.